The first kappa shape index (κ1) is 16.1. The zero-order chi connectivity index (χ0) is 15.1. The van der Waals surface area contributed by atoms with Crippen LogP contribution in [0.5, 0.6) is 0 Å². The van der Waals surface area contributed by atoms with Crippen LogP contribution in [0, 0.1) is 12.8 Å². The number of ketones is 2. The zero-order valence-corrected chi connectivity index (χ0v) is 11.9. The Morgan fingerprint density at radius 1 is 1.20 bits per heavy atom. The van der Waals surface area contributed by atoms with Crippen molar-refractivity contribution in [2.75, 3.05) is 0 Å². The fraction of sp³-hybridized carbons (Fsp3) is 0.438. The molecule has 0 saturated heterocycles. The zero-order valence-electron chi connectivity index (χ0n) is 11.9. The van der Waals surface area contributed by atoms with Crippen LogP contribution in [0.4, 0.5) is 0 Å². The third-order valence-electron chi connectivity index (χ3n) is 3.24. The number of aliphatic carboxylic acids is 1. The van der Waals surface area contributed by atoms with Crippen LogP contribution in [0.3, 0.4) is 0 Å². The Hall–Kier alpha value is -1.97. The molecular formula is C16H20O4. The molecule has 1 aromatic rings. The van der Waals surface area contributed by atoms with Crippen molar-refractivity contribution in [2.24, 2.45) is 5.92 Å². The number of carboxylic acids is 1. The largest absolute Gasteiger partial charge is 0.481 e. The molecule has 0 saturated carbocycles. The molecule has 108 valence electrons. The molecule has 0 fully saturated rings. The summed E-state index contributed by atoms with van der Waals surface area (Å²) < 4.78 is 0. The van der Waals surface area contributed by atoms with E-state index >= 15 is 0 Å². The van der Waals surface area contributed by atoms with E-state index < -0.39 is 11.9 Å². The van der Waals surface area contributed by atoms with Gasteiger partial charge < -0.3 is 5.11 Å². The van der Waals surface area contributed by atoms with Crippen molar-refractivity contribution in [1.29, 1.82) is 0 Å². The number of carboxylic acid groups (broad SMARTS) is 1. The molecule has 0 radical (unpaired) electrons. The van der Waals surface area contributed by atoms with Crippen LogP contribution < -0.4 is 0 Å². The van der Waals surface area contributed by atoms with Gasteiger partial charge in [0.15, 0.2) is 5.78 Å². The van der Waals surface area contributed by atoms with Crippen LogP contribution in [-0.4, -0.2) is 22.6 Å². The molecule has 1 rings (SSSR count). The van der Waals surface area contributed by atoms with E-state index in [1.54, 1.807) is 18.2 Å². The summed E-state index contributed by atoms with van der Waals surface area (Å²) in [5.74, 6) is -1.84. The summed E-state index contributed by atoms with van der Waals surface area (Å²) in [6.45, 7) is 3.31. The number of unbranched alkanes of at least 4 members (excludes halogenated alkanes) is 1. The van der Waals surface area contributed by atoms with Gasteiger partial charge in [0.2, 0.25) is 0 Å². The van der Waals surface area contributed by atoms with Crippen molar-refractivity contribution in [2.45, 2.75) is 39.5 Å². The van der Waals surface area contributed by atoms with Crippen molar-refractivity contribution < 1.29 is 19.5 Å². The minimum atomic E-state index is -0.852. The fourth-order valence-corrected chi connectivity index (χ4v) is 2.14. The minimum Gasteiger partial charge on any atom is -0.481 e. The highest BCUT2D eigenvalue weighted by Gasteiger charge is 2.24. The average molecular weight is 276 g/mol. The number of hydrogen-bond acceptors (Lipinski definition) is 3. The highest BCUT2D eigenvalue weighted by molar-refractivity contribution is 6.10. The van der Waals surface area contributed by atoms with Crippen molar-refractivity contribution >= 4 is 17.5 Å². The van der Waals surface area contributed by atoms with Crippen molar-refractivity contribution in [1.82, 2.24) is 0 Å². The lowest BCUT2D eigenvalue weighted by molar-refractivity contribution is -0.137. The maximum absolute atomic E-state index is 12.3. The van der Waals surface area contributed by atoms with E-state index in [9.17, 15) is 14.4 Å². The van der Waals surface area contributed by atoms with Gasteiger partial charge in [-0.2, -0.15) is 0 Å². The lowest BCUT2D eigenvalue weighted by Crippen LogP contribution is -2.22. The van der Waals surface area contributed by atoms with Gasteiger partial charge >= 0.3 is 5.97 Å². The van der Waals surface area contributed by atoms with Gasteiger partial charge in [0.25, 0.3) is 0 Å². The first-order valence-electron chi connectivity index (χ1n) is 6.75. The minimum absolute atomic E-state index is 0.0727. The third-order valence-corrected chi connectivity index (χ3v) is 3.24. The van der Waals surface area contributed by atoms with Crippen molar-refractivity contribution in [3.05, 3.63) is 35.4 Å². The second-order valence-electron chi connectivity index (χ2n) is 5.04. The molecule has 1 atom stereocenters. The summed E-state index contributed by atoms with van der Waals surface area (Å²) in [7, 11) is 0. The van der Waals surface area contributed by atoms with Crippen LogP contribution in [0.25, 0.3) is 0 Å². The van der Waals surface area contributed by atoms with E-state index in [4.69, 9.17) is 5.11 Å². The van der Waals surface area contributed by atoms with Crippen LogP contribution in [0.2, 0.25) is 0 Å². The SMILES string of the molecule is CC(=O)C(CCCCC(=O)O)C(=O)c1cccc(C)c1. The van der Waals surface area contributed by atoms with Gasteiger partial charge in [-0.3, -0.25) is 14.4 Å². The van der Waals surface area contributed by atoms with E-state index in [0.29, 0.717) is 24.8 Å². The molecule has 1 N–H and O–H groups in total. The smallest absolute Gasteiger partial charge is 0.303 e. The van der Waals surface area contributed by atoms with Crippen LogP contribution in [0.1, 0.15) is 48.5 Å². The number of carbonyl (C=O) groups is 3. The molecule has 4 nitrogen and oxygen atoms in total. The number of hydrogen-bond donors (Lipinski definition) is 1. The lowest BCUT2D eigenvalue weighted by Gasteiger charge is -2.12. The summed E-state index contributed by atoms with van der Waals surface area (Å²) in [5.41, 5.74) is 1.52. The molecule has 0 spiro atoms. The van der Waals surface area contributed by atoms with Crippen LogP contribution in [-0.2, 0) is 9.59 Å². The Labute approximate surface area is 118 Å². The third kappa shape index (κ3) is 4.96. The number of carbonyl (C=O) groups excluding carboxylic acids is 2. The van der Waals surface area contributed by atoms with E-state index in [0.717, 1.165) is 5.56 Å². The summed E-state index contributed by atoms with van der Waals surface area (Å²) in [5, 5.41) is 8.57. The molecular weight excluding hydrogens is 256 g/mol. The van der Waals surface area contributed by atoms with Crippen LogP contribution in [0.15, 0.2) is 24.3 Å². The number of benzene rings is 1. The van der Waals surface area contributed by atoms with E-state index in [1.807, 2.05) is 13.0 Å². The predicted octanol–water partition coefficient (Wildman–Crippen LogP) is 3.03. The molecule has 0 aromatic heterocycles. The number of aryl methyl sites for hydroxylation is 1. The van der Waals surface area contributed by atoms with Gasteiger partial charge in [0, 0.05) is 12.0 Å². The van der Waals surface area contributed by atoms with Gasteiger partial charge in [-0.25, -0.2) is 0 Å². The van der Waals surface area contributed by atoms with E-state index in [-0.39, 0.29) is 18.0 Å². The van der Waals surface area contributed by atoms with Gasteiger partial charge in [-0.15, -0.1) is 0 Å². The molecule has 4 heteroatoms. The Morgan fingerprint density at radius 3 is 2.45 bits per heavy atom. The van der Waals surface area contributed by atoms with Gasteiger partial charge in [-0.05, 0) is 32.8 Å². The summed E-state index contributed by atoms with van der Waals surface area (Å²) >= 11 is 0. The average Bonchev–Trinajstić information content (AvgIpc) is 2.37. The molecule has 0 heterocycles. The Kier molecular flexibility index (Phi) is 6.10. The second kappa shape index (κ2) is 7.58. The molecule has 20 heavy (non-hydrogen) atoms. The number of rotatable bonds is 8. The predicted molar refractivity (Wildman–Crippen MR) is 75.8 cm³/mol. The second-order valence-corrected chi connectivity index (χ2v) is 5.04. The summed E-state index contributed by atoms with van der Waals surface area (Å²) in [4.78, 5) is 34.4. The lowest BCUT2D eigenvalue weighted by atomic mass is 9.89. The maximum atomic E-state index is 12.3. The molecule has 1 aromatic carbocycles. The maximum Gasteiger partial charge on any atom is 0.303 e. The van der Waals surface area contributed by atoms with Gasteiger partial charge in [-0.1, -0.05) is 30.2 Å². The topological polar surface area (TPSA) is 71.4 Å². The van der Waals surface area contributed by atoms with Crippen LogP contribution >= 0.6 is 0 Å². The molecule has 0 aliphatic carbocycles. The van der Waals surface area contributed by atoms with Crippen molar-refractivity contribution in [3.8, 4) is 0 Å². The fourth-order valence-electron chi connectivity index (χ4n) is 2.14. The highest BCUT2D eigenvalue weighted by atomic mass is 16.4. The standard InChI is InChI=1S/C16H20O4/c1-11-6-5-7-13(10-11)16(20)14(12(2)17)8-3-4-9-15(18)19/h5-7,10,14H,3-4,8-9H2,1-2H3,(H,18,19). The first-order chi connectivity index (χ1) is 9.41. The summed E-state index contributed by atoms with van der Waals surface area (Å²) in [6.07, 6.45) is 1.53. The molecule has 1 unspecified atom stereocenters. The first-order valence-corrected chi connectivity index (χ1v) is 6.75. The normalized spacial score (nSPS) is 11.9. The van der Waals surface area contributed by atoms with E-state index in [1.165, 1.54) is 6.92 Å². The molecule has 0 aliphatic heterocycles. The number of Topliss-reactive ketones (excluding diaryl/α,β-unsaturated/α-hetero) is 2. The Bertz CT molecular complexity index is 505. The molecule has 0 amide bonds. The molecule has 0 bridgehead atoms. The monoisotopic (exact) mass is 276 g/mol. The quantitative estimate of drug-likeness (QED) is 0.450. The Morgan fingerprint density at radius 2 is 1.90 bits per heavy atom. The van der Waals surface area contributed by atoms with E-state index in [2.05, 4.69) is 0 Å². The summed E-state index contributed by atoms with van der Waals surface area (Å²) in [6, 6.07) is 7.18. The van der Waals surface area contributed by atoms with Crippen molar-refractivity contribution in [3.63, 3.8) is 0 Å². The van der Waals surface area contributed by atoms with Gasteiger partial charge in [0.1, 0.15) is 5.78 Å². The molecule has 0 aliphatic rings. The van der Waals surface area contributed by atoms with Gasteiger partial charge in [0.05, 0.1) is 5.92 Å². The Balaban J connectivity index is 2.68. The highest BCUT2D eigenvalue weighted by Crippen LogP contribution is 2.18.